The summed E-state index contributed by atoms with van der Waals surface area (Å²) in [7, 11) is 0. The molecule has 1 aromatic rings. The number of carbonyl (C=O) groups is 1. The fourth-order valence-electron chi connectivity index (χ4n) is 1.68. The molecule has 1 atom stereocenters. The van der Waals surface area contributed by atoms with Crippen LogP contribution >= 0.6 is 45.8 Å². The molecule has 1 unspecified atom stereocenters. The van der Waals surface area contributed by atoms with Crippen molar-refractivity contribution in [2.24, 2.45) is 5.92 Å². The van der Waals surface area contributed by atoms with E-state index in [2.05, 4.69) is 5.32 Å². The summed E-state index contributed by atoms with van der Waals surface area (Å²) in [6.45, 7) is 4.03. The normalized spacial score (nSPS) is 12.6. The Labute approximate surface area is 136 Å². The van der Waals surface area contributed by atoms with Crippen LogP contribution < -0.4 is 5.32 Å². The molecule has 19 heavy (non-hydrogen) atoms. The number of aliphatic hydroxyl groups is 1. The monoisotopic (exact) mass is 415 g/mol. The Kier molecular flexibility index (Phi) is 6.86. The molecule has 0 fully saturated rings. The summed E-state index contributed by atoms with van der Waals surface area (Å²) >= 11 is 14.0. The molecule has 0 saturated heterocycles. The SMILES string of the molecule is CC(C)C(CCO)NC(=O)c1cc(Cl)cc(Cl)c1I. The molecule has 2 N–H and O–H groups in total. The van der Waals surface area contributed by atoms with Gasteiger partial charge in [-0.2, -0.15) is 0 Å². The molecule has 0 aromatic heterocycles. The van der Waals surface area contributed by atoms with E-state index in [0.717, 1.165) is 0 Å². The summed E-state index contributed by atoms with van der Waals surface area (Å²) in [5.74, 6) is 0.0179. The largest absolute Gasteiger partial charge is 0.396 e. The van der Waals surface area contributed by atoms with E-state index in [9.17, 15) is 4.79 Å². The average molecular weight is 416 g/mol. The molecule has 3 nitrogen and oxygen atoms in total. The fourth-order valence-corrected chi connectivity index (χ4v) is 2.73. The average Bonchev–Trinajstić information content (AvgIpc) is 2.32. The standard InChI is InChI=1S/C13H16Cl2INO2/c1-7(2)11(3-4-18)17-13(19)9-5-8(14)6-10(15)12(9)16/h5-7,11,18H,3-4H2,1-2H3,(H,17,19). The van der Waals surface area contributed by atoms with Gasteiger partial charge in [0.15, 0.2) is 0 Å². The Morgan fingerprint density at radius 3 is 2.58 bits per heavy atom. The van der Waals surface area contributed by atoms with Crippen LogP contribution in [0.15, 0.2) is 12.1 Å². The Hall–Kier alpha value is -0.0400. The number of carbonyl (C=O) groups excluding carboxylic acids is 1. The first-order chi connectivity index (χ1) is 8.86. The highest BCUT2D eigenvalue weighted by Crippen LogP contribution is 2.27. The second-order valence-electron chi connectivity index (χ2n) is 4.59. The highest BCUT2D eigenvalue weighted by molar-refractivity contribution is 14.1. The summed E-state index contributed by atoms with van der Waals surface area (Å²) in [5.41, 5.74) is 0.460. The van der Waals surface area contributed by atoms with E-state index in [1.54, 1.807) is 12.1 Å². The zero-order chi connectivity index (χ0) is 14.6. The van der Waals surface area contributed by atoms with Crippen LogP contribution in [0.3, 0.4) is 0 Å². The molecule has 0 bridgehead atoms. The number of rotatable bonds is 5. The van der Waals surface area contributed by atoms with Crippen LogP contribution in [0, 0.1) is 9.49 Å². The van der Waals surface area contributed by atoms with Crippen LogP contribution in [0.4, 0.5) is 0 Å². The van der Waals surface area contributed by atoms with Gasteiger partial charge < -0.3 is 10.4 Å². The summed E-state index contributed by atoms with van der Waals surface area (Å²) < 4.78 is 0.674. The minimum Gasteiger partial charge on any atom is -0.396 e. The maximum atomic E-state index is 12.2. The lowest BCUT2D eigenvalue weighted by Crippen LogP contribution is -2.39. The van der Waals surface area contributed by atoms with Gasteiger partial charge in [0.1, 0.15) is 0 Å². The fraction of sp³-hybridized carbons (Fsp3) is 0.462. The van der Waals surface area contributed by atoms with Crippen molar-refractivity contribution >= 4 is 51.7 Å². The van der Waals surface area contributed by atoms with Crippen LogP contribution in [0.5, 0.6) is 0 Å². The van der Waals surface area contributed by atoms with E-state index < -0.39 is 0 Å². The van der Waals surface area contributed by atoms with Gasteiger partial charge in [0.05, 0.1) is 10.6 Å². The minimum absolute atomic E-state index is 0.0382. The Balaban J connectivity index is 2.94. The molecule has 0 spiro atoms. The lowest BCUT2D eigenvalue weighted by Gasteiger charge is -2.22. The lowest BCUT2D eigenvalue weighted by atomic mass is 10.0. The lowest BCUT2D eigenvalue weighted by molar-refractivity contribution is 0.0915. The van der Waals surface area contributed by atoms with Crippen molar-refractivity contribution in [3.05, 3.63) is 31.3 Å². The van der Waals surface area contributed by atoms with Gasteiger partial charge in [-0.3, -0.25) is 4.79 Å². The maximum Gasteiger partial charge on any atom is 0.252 e. The van der Waals surface area contributed by atoms with Crippen LogP contribution in [0.25, 0.3) is 0 Å². The first-order valence-electron chi connectivity index (χ1n) is 5.93. The van der Waals surface area contributed by atoms with Gasteiger partial charge in [0.25, 0.3) is 5.91 Å². The van der Waals surface area contributed by atoms with Crippen LogP contribution in [0.1, 0.15) is 30.6 Å². The third-order valence-electron chi connectivity index (χ3n) is 2.80. The Bertz CT molecular complexity index is 466. The van der Waals surface area contributed by atoms with Gasteiger partial charge >= 0.3 is 0 Å². The molecule has 1 rings (SSSR count). The van der Waals surface area contributed by atoms with Crippen LogP contribution in [0.2, 0.25) is 10.0 Å². The Morgan fingerprint density at radius 1 is 1.42 bits per heavy atom. The van der Waals surface area contributed by atoms with Crippen molar-refractivity contribution in [2.75, 3.05) is 6.61 Å². The highest BCUT2D eigenvalue weighted by Gasteiger charge is 2.19. The van der Waals surface area contributed by atoms with Gasteiger partial charge in [-0.25, -0.2) is 0 Å². The molecule has 0 radical (unpaired) electrons. The maximum absolute atomic E-state index is 12.2. The first-order valence-corrected chi connectivity index (χ1v) is 7.76. The van der Waals surface area contributed by atoms with E-state index in [0.29, 0.717) is 25.6 Å². The van der Waals surface area contributed by atoms with Crippen molar-refractivity contribution in [3.8, 4) is 0 Å². The second-order valence-corrected chi connectivity index (χ2v) is 6.51. The quantitative estimate of drug-likeness (QED) is 0.568. The number of hydrogen-bond acceptors (Lipinski definition) is 2. The van der Waals surface area contributed by atoms with E-state index in [-0.39, 0.29) is 24.5 Å². The number of nitrogens with one attached hydrogen (secondary N) is 1. The second kappa shape index (κ2) is 7.67. The highest BCUT2D eigenvalue weighted by atomic mass is 127. The smallest absolute Gasteiger partial charge is 0.252 e. The number of amides is 1. The summed E-state index contributed by atoms with van der Waals surface area (Å²) in [6, 6.07) is 3.13. The molecule has 0 aliphatic carbocycles. The third kappa shape index (κ3) is 4.77. The van der Waals surface area contributed by atoms with Gasteiger partial charge in [0, 0.05) is 21.2 Å². The van der Waals surface area contributed by atoms with Gasteiger partial charge in [0.2, 0.25) is 0 Å². The van der Waals surface area contributed by atoms with E-state index >= 15 is 0 Å². The van der Waals surface area contributed by atoms with Crippen LogP contribution in [-0.4, -0.2) is 23.7 Å². The third-order valence-corrected chi connectivity index (χ3v) is 4.80. The van der Waals surface area contributed by atoms with E-state index in [1.165, 1.54) is 0 Å². The molecule has 0 aliphatic rings. The molecular weight excluding hydrogens is 400 g/mol. The Morgan fingerprint density at radius 2 is 2.05 bits per heavy atom. The van der Waals surface area contributed by atoms with Crippen molar-refractivity contribution < 1.29 is 9.90 Å². The molecular formula is C13H16Cl2INO2. The first kappa shape index (κ1) is 17.0. The predicted molar refractivity (Wildman–Crippen MR) is 87.0 cm³/mol. The molecule has 0 saturated carbocycles. The van der Waals surface area contributed by atoms with Crippen LogP contribution in [-0.2, 0) is 0 Å². The van der Waals surface area contributed by atoms with Gasteiger partial charge in [-0.05, 0) is 47.1 Å². The zero-order valence-electron chi connectivity index (χ0n) is 10.7. The molecule has 0 aliphatic heterocycles. The molecule has 106 valence electrons. The number of benzene rings is 1. The summed E-state index contributed by atoms with van der Waals surface area (Å²) in [5, 5.41) is 12.8. The molecule has 6 heteroatoms. The predicted octanol–water partition coefficient (Wildman–Crippen LogP) is 3.73. The van der Waals surface area contributed by atoms with E-state index in [1.807, 2.05) is 36.4 Å². The molecule has 0 heterocycles. The summed E-state index contributed by atoms with van der Waals surface area (Å²) in [4.78, 5) is 12.2. The number of halogens is 3. The van der Waals surface area contributed by atoms with Gasteiger partial charge in [-0.15, -0.1) is 0 Å². The van der Waals surface area contributed by atoms with Crippen molar-refractivity contribution in [1.29, 1.82) is 0 Å². The van der Waals surface area contributed by atoms with Gasteiger partial charge in [-0.1, -0.05) is 37.0 Å². The molecule has 1 aromatic carbocycles. The summed E-state index contributed by atoms with van der Waals surface area (Å²) in [6.07, 6.45) is 0.522. The van der Waals surface area contributed by atoms with Crippen molar-refractivity contribution in [2.45, 2.75) is 26.3 Å². The topological polar surface area (TPSA) is 49.3 Å². The number of aliphatic hydroxyl groups excluding tert-OH is 1. The zero-order valence-corrected chi connectivity index (χ0v) is 14.4. The van der Waals surface area contributed by atoms with E-state index in [4.69, 9.17) is 28.3 Å². The number of hydrogen-bond donors (Lipinski definition) is 2. The van der Waals surface area contributed by atoms with Crippen molar-refractivity contribution in [3.63, 3.8) is 0 Å². The molecule has 1 amide bonds. The minimum atomic E-state index is -0.221. The van der Waals surface area contributed by atoms with Crippen molar-refractivity contribution in [1.82, 2.24) is 5.32 Å².